The quantitative estimate of drug-likeness (QED) is 0.729. The topological polar surface area (TPSA) is 47.6 Å². The van der Waals surface area contributed by atoms with Gasteiger partial charge in [0.2, 0.25) is 5.91 Å². The number of benzene rings is 2. The van der Waals surface area contributed by atoms with Gasteiger partial charge in [-0.25, -0.2) is 4.39 Å². The summed E-state index contributed by atoms with van der Waals surface area (Å²) in [6.45, 7) is 9.87. The molecule has 5 heteroatoms. The normalized spacial score (nSPS) is 15.9. The molecule has 4 nitrogen and oxygen atoms in total. The number of halogens is 1. The predicted molar refractivity (Wildman–Crippen MR) is 113 cm³/mol. The molecule has 0 unspecified atom stereocenters. The van der Waals surface area contributed by atoms with Gasteiger partial charge in [-0.15, -0.1) is 0 Å². The van der Waals surface area contributed by atoms with Crippen LogP contribution in [-0.4, -0.2) is 25.7 Å². The Hall–Kier alpha value is -2.40. The van der Waals surface area contributed by atoms with Crippen LogP contribution in [0, 0.1) is 25.6 Å². The molecular weight excluding hydrogens is 369 g/mol. The summed E-state index contributed by atoms with van der Waals surface area (Å²) in [5.74, 6) is 0.926. The molecule has 1 amide bonds. The highest BCUT2D eigenvalue weighted by Gasteiger charge is 2.41. The maximum atomic E-state index is 13.4. The van der Waals surface area contributed by atoms with Gasteiger partial charge in [-0.1, -0.05) is 26.0 Å². The summed E-state index contributed by atoms with van der Waals surface area (Å²) in [6.07, 6.45) is 1.13. The lowest BCUT2D eigenvalue weighted by Gasteiger charge is -2.36. The number of carbonyl (C=O) groups excluding carboxylic acids is 1. The van der Waals surface area contributed by atoms with Crippen LogP contribution in [0.3, 0.4) is 0 Å². The molecule has 1 heterocycles. The Morgan fingerprint density at radius 1 is 1.14 bits per heavy atom. The zero-order valence-corrected chi connectivity index (χ0v) is 17.7. The van der Waals surface area contributed by atoms with Crippen molar-refractivity contribution in [1.29, 1.82) is 0 Å². The van der Waals surface area contributed by atoms with E-state index in [1.165, 1.54) is 12.1 Å². The number of carbonyl (C=O) groups is 1. The Bertz CT molecular complexity index is 832. The van der Waals surface area contributed by atoms with Gasteiger partial charge in [-0.05, 0) is 73.6 Å². The lowest BCUT2D eigenvalue weighted by molar-refractivity contribution is -0.125. The van der Waals surface area contributed by atoms with E-state index in [0.717, 1.165) is 28.1 Å². The zero-order valence-electron chi connectivity index (χ0n) is 17.7. The van der Waals surface area contributed by atoms with Crippen LogP contribution in [0.15, 0.2) is 36.4 Å². The van der Waals surface area contributed by atoms with E-state index >= 15 is 0 Å². The molecule has 0 saturated carbocycles. The third-order valence-corrected chi connectivity index (χ3v) is 5.46. The van der Waals surface area contributed by atoms with Crippen molar-refractivity contribution in [2.45, 2.75) is 46.0 Å². The van der Waals surface area contributed by atoms with Crippen LogP contribution >= 0.6 is 0 Å². The minimum absolute atomic E-state index is 0.0814. The van der Waals surface area contributed by atoms with Gasteiger partial charge in [0.25, 0.3) is 0 Å². The first-order valence-corrected chi connectivity index (χ1v) is 10.2. The number of hydrogen-bond acceptors (Lipinski definition) is 3. The van der Waals surface area contributed by atoms with Gasteiger partial charge < -0.3 is 14.8 Å². The van der Waals surface area contributed by atoms with Crippen molar-refractivity contribution in [3.05, 3.63) is 58.9 Å². The molecule has 0 bridgehead atoms. The van der Waals surface area contributed by atoms with Gasteiger partial charge in [-0.2, -0.15) is 0 Å². The molecule has 2 aromatic carbocycles. The van der Waals surface area contributed by atoms with Crippen LogP contribution < -0.4 is 10.1 Å². The van der Waals surface area contributed by atoms with Crippen LogP contribution in [0.2, 0.25) is 0 Å². The largest absolute Gasteiger partial charge is 0.493 e. The van der Waals surface area contributed by atoms with Gasteiger partial charge in [0.1, 0.15) is 11.6 Å². The third-order valence-electron chi connectivity index (χ3n) is 5.46. The number of hydrogen-bond donors (Lipinski definition) is 1. The molecule has 0 aliphatic carbocycles. The van der Waals surface area contributed by atoms with E-state index in [1.54, 1.807) is 12.1 Å². The summed E-state index contributed by atoms with van der Waals surface area (Å²) < 4.78 is 24.9. The van der Waals surface area contributed by atoms with Gasteiger partial charge in [0.15, 0.2) is 0 Å². The summed E-state index contributed by atoms with van der Waals surface area (Å²) in [7, 11) is 0. The third kappa shape index (κ3) is 4.78. The van der Waals surface area contributed by atoms with Gasteiger partial charge >= 0.3 is 0 Å². The molecule has 1 saturated heterocycles. The van der Waals surface area contributed by atoms with E-state index < -0.39 is 5.41 Å². The van der Waals surface area contributed by atoms with Gasteiger partial charge in [0.05, 0.1) is 12.0 Å². The van der Waals surface area contributed by atoms with Crippen LogP contribution in [0.25, 0.3) is 0 Å². The van der Waals surface area contributed by atoms with E-state index in [0.29, 0.717) is 38.6 Å². The highest BCUT2D eigenvalue weighted by Crippen LogP contribution is 2.37. The van der Waals surface area contributed by atoms with Crippen molar-refractivity contribution < 1.29 is 18.7 Å². The van der Waals surface area contributed by atoms with Crippen molar-refractivity contribution in [3.63, 3.8) is 0 Å². The molecule has 1 N–H and O–H groups in total. The van der Waals surface area contributed by atoms with Gasteiger partial charge in [0, 0.05) is 18.9 Å². The Balaban J connectivity index is 1.85. The van der Waals surface area contributed by atoms with Crippen molar-refractivity contribution in [1.82, 2.24) is 0 Å². The molecule has 0 radical (unpaired) electrons. The molecule has 2 aromatic rings. The second-order valence-electron chi connectivity index (χ2n) is 8.30. The lowest BCUT2D eigenvalue weighted by Crippen LogP contribution is -2.44. The summed E-state index contributed by atoms with van der Waals surface area (Å²) in [6, 6.07) is 10.1. The molecule has 1 fully saturated rings. The molecule has 1 aliphatic rings. The maximum Gasteiger partial charge on any atom is 0.235 e. The minimum atomic E-state index is -0.722. The first-order valence-electron chi connectivity index (χ1n) is 10.2. The zero-order chi connectivity index (χ0) is 21.0. The van der Waals surface area contributed by atoms with E-state index in [1.807, 2.05) is 26.0 Å². The number of rotatable bonds is 6. The molecular formula is C24H30FNO3. The van der Waals surface area contributed by atoms with Gasteiger partial charge in [-0.3, -0.25) is 4.79 Å². The molecule has 0 spiro atoms. The second-order valence-corrected chi connectivity index (χ2v) is 8.30. The Labute approximate surface area is 172 Å². The molecule has 0 aromatic heterocycles. The van der Waals surface area contributed by atoms with Crippen molar-refractivity contribution in [3.8, 4) is 5.75 Å². The smallest absolute Gasteiger partial charge is 0.235 e. The Morgan fingerprint density at radius 3 is 2.28 bits per heavy atom. The number of aryl methyl sites for hydroxylation is 2. The second kappa shape index (κ2) is 8.95. The number of nitrogens with one attached hydrogen (secondary N) is 1. The summed E-state index contributed by atoms with van der Waals surface area (Å²) in [4.78, 5) is 13.4. The van der Waals surface area contributed by atoms with Crippen molar-refractivity contribution in [2.24, 2.45) is 5.92 Å². The molecule has 1 aliphatic heterocycles. The highest BCUT2D eigenvalue weighted by atomic mass is 19.1. The van der Waals surface area contributed by atoms with Crippen molar-refractivity contribution >= 4 is 11.6 Å². The number of anilines is 1. The average molecular weight is 400 g/mol. The number of amides is 1. The molecule has 156 valence electrons. The predicted octanol–water partition coefficient (Wildman–Crippen LogP) is 5.16. The van der Waals surface area contributed by atoms with Crippen LogP contribution in [0.1, 0.15) is 43.4 Å². The molecule has 0 atom stereocenters. The Morgan fingerprint density at radius 2 is 1.72 bits per heavy atom. The monoisotopic (exact) mass is 399 g/mol. The van der Waals surface area contributed by atoms with E-state index in [2.05, 4.69) is 19.2 Å². The number of ether oxygens (including phenoxy) is 2. The highest BCUT2D eigenvalue weighted by molar-refractivity contribution is 5.99. The van der Waals surface area contributed by atoms with Crippen LogP contribution in [0.4, 0.5) is 10.1 Å². The Kier molecular flexibility index (Phi) is 6.58. The fourth-order valence-electron chi connectivity index (χ4n) is 3.89. The van der Waals surface area contributed by atoms with E-state index in [9.17, 15) is 9.18 Å². The van der Waals surface area contributed by atoms with E-state index in [4.69, 9.17) is 9.47 Å². The standard InChI is InChI=1S/C24H30FNO3/c1-16(2)15-29-22-17(3)13-21(14-18(22)4)26-23(27)24(9-11-28-12-10-24)19-5-7-20(25)8-6-19/h5-8,13-14,16H,9-12,15H2,1-4H3,(H,26,27). The summed E-state index contributed by atoms with van der Waals surface area (Å²) in [5, 5.41) is 3.10. The first-order chi connectivity index (χ1) is 13.8. The maximum absolute atomic E-state index is 13.4. The van der Waals surface area contributed by atoms with Crippen molar-refractivity contribution in [2.75, 3.05) is 25.1 Å². The molecule has 3 rings (SSSR count). The lowest BCUT2D eigenvalue weighted by atomic mass is 9.73. The first kappa shape index (κ1) is 21.3. The summed E-state index contributed by atoms with van der Waals surface area (Å²) in [5.41, 5.74) is 2.83. The fraction of sp³-hybridized carbons (Fsp3) is 0.458. The SMILES string of the molecule is Cc1cc(NC(=O)C2(c3ccc(F)cc3)CCOCC2)cc(C)c1OCC(C)C. The molecule has 29 heavy (non-hydrogen) atoms. The van der Waals surface area contributed by atoms with Crippen LogP contribution in [-0.2, 0) is 14.9 Å². The average Bonchev–Trinajstić information content (AvgIpc) is 2.68. The van der Waals surface area contributed by atoms with E-state index in [-0.39, 0.29) is 11.7 Å². The minimum Gasteiger partial charge on any atom is -0.493 e. The van der Waals surface area contributed by atoms with Crippen LogP contribution in [0.5, 0.6) is 5.75 Å². The summed E-state index contributed by atoms with van der Waals surface area (Å²) >= 11 is 0. The fourth-order valence-corrected chi connectivity index (χ4v) is 3.89.